The average Bonchev–Trinajstić information content (AvgIpc) is 2.45. The van der Waals surface area contributed by atoms with Crippen molar-refractivity contribution < 1.29 is 9.84 Å². The first kappa shape index (κ1) is 15.4. The molecule has 19 heavy (non-hydrogen) atoms. The summed E-state index contributed by atoms with van der Waals surface area (Å²) in [6, 6.07) is 0.265. The van der Waals surface area contributed by atoms with Crippen LogP contribution in [0, 0.1) is 0 Å². The van der Waals surface area contributed by atoms with E-state index in [2.05, 4.69) is 25.6 Å². The van der Waals surface area contributed by atoms with Crippen molar-refractivity contribution in [3.05, 3.63) is 0 Å². The number of hydrogen-bond donors (Lipinski definition) is 3. The topological polar surface area (TPSA) is 92.2 Å². The molecule has 0 aliphatic carbocycles. The van der Waals surface area contributed by atoms with Crippen molar-refractivity contribution >= 4 is 11.9 Å². The average molecular weight is 269 g/mol. The van der Waals surface area contributed by atoms with E-state index in [1.54, 1.807) is 7.05 Å². The molecule has 0 amide bonds. The standard InChI is InChI=1S/C12H23N5O2/c1-5-12(18,6-2)8-14-10-15-9(13-4)16-11(17-10)19-7-3/h18H,5-8H2,1-4H3,(H2,13,14,15,16,17). The first-order chi connectivity index (χ1) is 9.06. The van der Waals surface area contributed by atoms with E-state index in [9.17, 15) is 5.11 Å². The highest BCUT2D eigenvalue weighted by molar-refractivity contribution is 5.35. The predicted molar refractivity (Wildman–Crippen MR) is 74.6 cm³/mol. The van der Waals surface area contributed by atoms with Gasteiger partial charge in [-0.2, -0.15) is 15.0 Å². The summed E-state index contributed by atoms with van der Waals surface area (Å²) >= 11 is 0. The van der Waals surface area contributed by atoms with Crippen LogP contribution in [0.2, 0.25) is 0 Å². The number of aromatic nitrogens is 3. The molecule has 0 aliphatic rings. The van der Waals surface area contributed by atoms with Crippen LogP contribution in [0.3, 0.4) is 0 Å². The zero-order valence-electron chi connectivity index (χ0n) is 12.0. The Morgan fingerprint density at radius 2 is 1.74 bits per heavy atom. The van der Waals surface area contributed by atoms with Crippen LogP contribution in [0.5, 0.6) is 6.01 Å². The second-order valence-corrected chi connectivity index (χ2v) is 4.23. The van der Waals surface area contributed by atoms with Gasteiger partial charge < -0.3 is 20.5 Å². The zero-order chi connectivity index (χ0) is 14.3. The van der Waals surface area contributed by atoms with Gasteiger partial charge >= 0.3 is 6.01 Å². The maximum absolute atomic E-state index is 10.2. The highest BCUT2D eigenvalue weighted by Crippen LogP contribution is 2.16. The third-order valence-corrected chi connectivity index (χ3v) is 3.00. The van der Waals surface area contributed by atoms with Crippen LogP contribution in [0.25, 0.3) is 0 Å². The third-order valence-electron chi connectivity index (χ3n) is 3.00. The third kappa shape index (κ3) is 4.51. The molecule has 108 valence electrons. The molecule has 0 fully saturated rings. The summed E-state index contributed by atoms with van der Waals surface area (Å²) in [6.45, 7) is 6.63. The minimum absolute atomic E-state index is 0.265. The van der Waals surface area contributed by atoms with Crippen molar-refractivity contribution in [3.63, 3.8) is 0 Å². The summed E-state index contributed by atoms with van der Waals surface area (Å²) in [5.74, 6) is 0.820. The van der Waals surface area contributed by atoms with Gasteiger partial charge in [0.05, 0.1) is 12.2 Å². The van der Waals surface area contributed by atoms with Gasteiger partial charge in [-0.15, -0.1) is 0 Å². The summed E-state index contributed by atoms with van der Waals surface area (Å²) in [4.78, 5) is 12.4. The van der Waals surface area contributed by atoms with E-state index in [4.69, 9.17) is 4.74 Å². The number of hydrogen-bond acceptors (Lipinski definition) is 7. The molecular formula is C12H23N5O2. The molecule has 1 heterocycles. The van der Waals surface area contributed by atoms with E-state index >= 15 is 0 Å². The Balaban J connectivity index is 2.79. The number of rotatable bonds is 8. The van der Waals surface area contributed by atoms with Gasteiger partial charge in [0.25, 0.3) is 0 Å². The molecule has 0 aliphatic heterocycles. The number of anilines is 2. The first-order valence-corrected chi connectivity index (χ1v) is 6.59. The van der Waals surface area contributed by atoms with Crippen molar-refractivity contribution in [2.45, 2.75) is 39.2 Å². The second-order valence-electron chi connectivity index (χ2n) is 4.23. The van der Waals surface area contributed by atoms with E-state index in [1.807, 2.05) is 20.8 Å². The lowest BCUT2D eigenvalue weighted by atomic mass is 9.98. The SMILES string of the molecule is CCOc1nc(NC)nc(NCC(O)(CC)CC)n1. The summed E-state index contributed by atoms with van der Waals surface area (Å²) in [6.07, 6.45) is 1.33. The van der Waals surface area contributed by atoms with Gasteiger partial charge in [-0.05, 0) is 19.8 Å². The number of ether oxygens (including phenoxy) is 1. The lowest BCUT2D eigenvalue weighted by Crippen LogP contribution is -2.35. The first-order valence-electron chi connectivity index (χ1n) is 6.59. The summed E-state index contributed by atoms with van der Waals surface area (Å²) in [7, 11) is 1.73. The van der Waals surface area contributed by atoms with Crippen LogP contribution >= 0.6 is 0 Å². The van der Waals surface area contributed by atoms with Crippen molar-refractivity contribution in [2.75, 3.05) is 30.8 Å². The Morgan fingerprint density at radius 1 is 1.11 bits per heavy atom. The van der Waals surface area contributed by atoms with Crippen LogP contribution in [0.4, 0.5) is 11.9 Å². The largest absolute Gasteiger partial charge is 0.464 e. The van der Waals surface area contributed by atoms with E-state index in [-0.39, 0.29) is 6.01 Å². The highest BCUT2D eigenvalue weighted by Gasteiger charge is 2.22. The van der Waals surface area contributed by atoms with Gasteiger partial charge in [0.1, 0.15) is 0 Å². The molecule has 1 rings (SSSR count). The molecule has 7 nitrogen and oxygen atoms in total. The Bertz CT molecular complexity index is 396. The Labute approximate surface area is 113 Å². The molecule has 1 aromatic rings. The molecule has 0 saturated heterocycles. The Kier molecular flexibility index (Phi) is 5.75. The maximum atomic E-state index is 10.2. The monoisotopic (exact) mass is 269 g/mol. The molecule has 7 heteroatoms. The fourth-order valence-corrected chi connectivity index (χ4v) is 1.48. The smallest absolute Gasteiger partial charge is 0.323 e. The molecule has 3 N–H and O–H groups in total. The van der Waals surface area contributed by atoms with Crippen molar-refractivity contribution in [1.82, 2.24) is 15.0 Å². The summed E-state index contributed by atoms with van der Waals surface area (Å²) < 4.78 is 5.27. The fourth-order valence-electron chi connectivity index (χ4n) is 1.48. The van der Waals surface area contributed by atoms with E-state index in [0.717, 1.165) is 0 Å². The maximum Gasteiger partial charge on any atom is 0.323 e. The molecule has 0 unspecified atom stereocenters. The van der Waals surface area contributed by atoms with Crippen LogP contribution in [-0.2, 0) is 0 Å². The van der Waals surface area contributed by atoms with E-state index < -0.39 is 5.60 Å². The van der Waals surface area contributed by atoms with Crippen LogP contribution in [-0.4, -0.2) is 45.9 Å². The van der Waals surface area contributed by atoms with E-state index in [0.29, 0.717) is 37.9 Å². The minimum Gasteiger partial charge on any atom is -0.464 e. The molecule has 1 aromatic heterocycles. The molecule has 0 aromatic carbocycles. The van der Waals surface area contributed by atoms with Crippen LogP contribution in [0.1, 0.15) is 33.6 Å². The lowest BCUT2D eigenvalue weighted by molar-refractivity contribution is 0.0455. The quantitative estimate of drug-likeness (QED) is 0.654. The zero-order valence-corrected chi connectivity index (χ0v) is 12.0. The molecule has 0 bridgehead atoms. The van der Waals surface area contributed by atoms with Gasteiger partial charge in [0.2, 0.25) is 11.9 Å². The highest BCUT2D eigenvalue weighted by atomic mass is 16.5. The predicted octanol–water partition coefficient (Wildman–Crippen LogP) is 1.27. The van der Waals surface area contributed by atoms with Crippen molar-refractivity contribution in [2.24, 2.45) is 0 Å². The normalized spacial score (nSPS) is 11.2. The number of nitrogens with one attached hydrogen (secondary N) is 2. The number of nitrogens with zero attached hydrogens (tertiary/aromatic N) is 3. The lowest BCUT2D eigenvalue weighted by Gasteiger charge is -2.25. The summed E-state index contributed by atoms with van der Waals surface area (Å²) in [5.41, 5.74) is -0.752. The Morgan fingerprint density at radius 3 is 2.26 bits per heavy atom. The van der Waals surface area contributed by atoms with Crippen molar-refractivity contribution in [3.8, 4) is 6.01 Å². The molecule has 0 saturated carbocycles. The fraction of sp³-hybridized carbons (Fsp3) is 0.750. The molecule has 0 atom stereocenters. The van der Waals surface area contributed by atoms with Crippen molar-refractivity contribution in [1.29, 1.82) is 0 Å². The van der Waals surface area contributed by atoms with Gasteiger partial charge in [0, 0.05) is 13.6 Å². The van der Waals surface area contributed by atoms with Gasteiger partial charge in [-0.3, -0.25) is 0 Å². The Hall–Kier alpha value is -1.63. The molecule has 0 radical (unpaired) electrons. The number of aliphatic hydroxyl groups is 1. The minimum atomic E-state index is -0.752. The van der Waals surface area contributed by atoms with Gasteiger partial charge in [-0.1, -0.05) is 13.8 Å². The van der Waals surface area contributed by atoms with Gasteiger partial charge in [0.15, 0.2) is 0 Å². The van der Waals surface area contributed by atoms with Gasteiger partial charge in [-0.25, -0.2) is 0 Å². The summed E-state index contributed by atoms with van der Waals surface area (Å²) in [5, 5.41) is 16.1. The molecular weight excluding hydrogens is 246 g/mol. The molecule has 0 spiro atoms. The van der Waals surface area contributed by atoms with E-state index in [1.165, 1.54) is 0 Å². The second kappa shape index (κ2) is 7.08. The van der Waals surface area contributed by atoms with Crippen LogP contribution in [0.15, 0.2) is 0 Å². The van der Waals surface area contributed by atoms with Crippen LogP contribution < -0.4 is 15.4 Å².